The number of nitrogens with one attached hydrogen (secondary N) is 1. The number of methoxy groups -OCH3 is 1. The summed E-state index contributed by atoms with van der Waals surface area (Å²) in [6.07, 6.45) is 1.18. The van der Waals surface area contributed by atoms with Crippen molar-refractivity contribution in [2.75, 3.05) is 40.3 Å². The van der Waals surface area contributed by atoms with Crippen molar-refractivity contribution in [3.8, 4) is 0 Å². The Bertz CT molecular complexity index is 200. The van der Waals surface area contributed by atoms with Crippen LogP contribution in [0.3, 0.4) is 0 Å². The summed E-state index contributed by atoms with van der Waals surface area (Å²) >= 11 is 0. The van der Waals surface area contributed by atoms with E-state index in [0.717, 1.165) is 19.6 Å². The van der Waals surface area contributed by atoms with E-state index in [1.54, 1.807) is 0 Å². The topological polar surface area (TPSA) is 41.6 Å². The zero-order chi connectivity index (χ0) is 10.6. The minimum atomic E-state index is -0.165. The van der Waals surface area contributed by atoms with Gasteiger partial charge >= 0.3 is 5.97 Å². The number of carbonyl (C=O) groups is 1. The fourth-order valence-electron chi connectivity index (χ4n) is 2.00. The third kappa shape index (κ3) is 3.27. The molecule has 0 aromatic carbocycles. The van der Waals surface area contributed by atoms with Crippen LogP contribution >= 0.6 is 0 Å². The van der Waals surface area contributed by atoms with Gasteiger partial charge in [0.1, 0.15) is 0 Å². The van der Waals surface area contributed by atoms with Gasteiger partial charge in [-0.1, -0.05) is 6.92 Å². The van der Waals surface area contributed by atoms with Gasteiger partial charge in [-0.25, -0.2) is 0 Å². The average molecular weight is 200 g/mol. The van der Waals surface area contributed by atoms with E-state index >= 15 is 0 Å². The number of hydrogen-bond acceptors (Lipinski definition) is 4. The first-order chi connectivity index (χ1) is 6.56. The van der Waals surface area contributed by atoms with E-state index in [4.69, 9.17) is 0 Å². The Hall–Kier alpha value is -0.610. The van der Waals surface area contributed by atoms with Gasteiger partial charge in [-0.05, 0) is 25.4 Å². The van der Waals surface area contributed by atoms with E-state index in [1.165, 1.54) is 13.5 Å². The lowest BCUT2D eigenvalue weighted by atomic mass is 9.89. The van der Waals surface area contributed by atoms with Crippen molar-refractivity contribution >= 4 is 5.97 Å². The molecule has 1 saturated heterocycles. The first-order valence-electron chi connectivity index (χ1n) is 5.02. The monoisotopic (exact) mass is 200 g/mol. The Balaban J connectivity index is 2.32. The molecule has 1 rings (SSSR count). The number of esters is 1. The molecule has 0 spiro atoms. The van der Waals surface area contributed by atoms with Crippen LogP contribution in [0.2, 0.25) is 0 Å². The van der Waals surface area contributed by atoms with E-state index in [-0.39, 0.29) is 5.97 Å². The van der Waals surface area contributed by atoms with Crippen LogP contribution in [0, 0.1) is 5.41 Å². The molecule has 1 N–H and O–H groups in total. The molecule has 14 heavy (non-hydrogen) atoms. The van der Waals surface area contributed by atoms with Crippen molar-refractivity contribution in [2.45, 2.75) is 13.3 Å². The normalized spacial score (nSPS) is 26.9. The molecular weight excluding hydrogens is 180 g/mol. The fraction of sp³-hybridized carbons (Fsp3) is 0.900. The minimum absolute atomic E-state index is 0.165. The Morgan fingerprint density at radius 1 is 1.64 bits per heavy atom. The summed E-state index contributed by atoms with van der Waals surface area (Å²) < 4.78 is 4.62. The van der Waals surface area contributed by atoms with E-state index in [0.29, 0.717) is 12.0 Å². The van der Waals surface area contributed by atoms with Gasteiger partial charge in [0, 0.05) is 13.1 Å². The van der Waals surface area contributed by atoms with Crippen molar-refractivity contribution in [3.63, 3.8) is 0 Å². The molecule has 0 aromatic rings. The molecule has 1 heterocycles. The lowest BCUT2D eigenvalue weighted by Crippen LogP contribution is -2.38. The summed E-state index contributed by atoms with van der Waals surface area (Å²) in [5, 5.41) is 3.34. The lowest BCUT2D eigenvalue weighted by molar-refractivity contribution is -0.141. The van der Waals surface area contributed by atoms with Gasteiger partial charge in [-0.2, -0.15) is 0 Å². The zero-order valence-electron chi connectivity index (χ0n) is 9.30. The van der Waals surface area contributed by atoms with Gasteiger partial charge in [0.2, 0.25) is 0 Å². The first-order valence-corrected chi connectivity index (χ1v) is 5.02. The summed E-state index contributed by atoms with van der Waals surface area (Å²) in [6, 6.07) is 0. The van der Waals surface area contributed by atoms with Crippen molar-refractivity contribution < 1.29 is 9.53 Å². The first kappa shape index (κ1) is 11.5. The molecule has 0 aromatic heterocycles. The second kappa shape index (κ2) is 4.75. The molecule has 1 atom stereocenters. The number of ether oxygens (including phenoxy) is 1. The van der Waals surface area contributed by atoms with E-state index < -0.39 is 0 Å². The lowest BCUT2D eigenvalue weighted by Gasteiger charge is -2.28. The fourth-order valence-corrected chi connectivity index (χ4v) is 2.00. The van der Waals surface area contributed by atoms with Crippen LogP contribution in [0.1, 0.15) is 13.3 Å². The molecule has 0 amide bonds. The van der Waals surface area contributed by atoms with Crippen molar-refractivity contribution in [1.82, 2.24) is 10.2 Å². The maximum absolute atomic E-state index is 11.0. The SMILES string of the molecule is COC(=O)CN(C)CC1(C)CCNC1. The highest BCUT2D eigenvalue weighted by Crippen LogP contribution is 2.24. The maximum atomic E-state index is 11.0. The minimum Gasteiger partial charge on any atom is -0.468 e. The Morgan fingerprint density at radius 2 is 2.36 bits per heavy atom. The average Bonchev–Trinajstić information content (AvgIpc) is 2.51. The number of hydrogen-bond donors (Lipinski definition) is 1. The molecule has 0 bridgehead atoms. The van der Waals surface area contributed by atoms with Crippen LogP contribution in [0.5, 0.6) is 0 Å². The molecule has 0 radical (unpaired) electrons. The molecule has 1 aliphatic heterocycles. The van der Waals surface area contributed by atoms with E-state index in [2.05, 4.69) is 17.0 Å². The number of likely N-dealkylation sites (N-methyl/N-ethyl adjacent to an activating group) is 1. The Labute approximate surface area is 85.6 Å². The van der Waals surface area contributed by atoms with Gasteiger partial charge in [0.15, 0.2) is 0 Å². The van der Waals surface area contributed by atoms with Gasteiger partial charge < -0.3 is 10.1 Å². The van der Waals surface area contributed by atoms with E-state index in [9.17, 15) is 4.79 Å². The van der Waals surface area contributed by atoms with Crippen molar-refractivity contribution in [2.24, 2.45) is 5.41 Å². The van der Waals surface area contributed by atoms with Crippen LogP contribution in [0.25, 0.3) is 0 Å². The summed E-state index contributed by atoms with van der Waals surface area (Å²) in [7, 11) is 3.38. The zero-order valence-corrected chi connectivity index (χ0v) is 9.30. The summed E-state index contributed by atoms with van der Waals surface area (Å²) in [6.45, 7) is 5.70. The third-order valence-corrected chi connectivity index (χ3v) is 2.74. The van der Waals surface area contributed by atoms with Crippen LogP contribution in [-0.4, -0.2) is 51.2 Å². The molecule has 0 saturated carbocycles. The molecular formula is C10H20N2O2. The van der Waals surface area contributed by atoms with Gasteiger partial charge in [-0.15, -0.1) is 0 Å². The molecule has 82 valence electrons. The standard InChI is InChI=1S/C10H20N2O2/c1-10(4-5-11-7-10)8-12(2)6-9(13)14-3/h11H,4-8H2,1-3H3. The Morgan fingerprint density at radius 3 is 2.86 bits per heavy atom. The molecule has 0 aliphatic carbocycles. The summed E-state index contributed by atoms with van der Waals surface area (Å²) in [5.74, 6) is -0.165. The number of rotatable bonds is 4. The highest BCUT2D eigenvalue weighted by molar-refractivity contribution is 5.71. The second-order valence-electron chi connectivity index (χ2n) is 4.49. The largest absolute Gasteiger partial charge is 0.468 e. The van der Waals surface area contributed by atoms with Crippen molar-refractivity contribution in [1.29, 1.82) is 0 Å². The second-order valence-corrected chi connectivity index (χ2v) is 4.49. The maximum Gasteiger partial charge on any atom is 0.319 e. The highest BCUT2D eigenvalue weighted by Gasteiger charge is 2.29. The molecule has 4 nitrogen and oxygen atoms in total. The summed E-state index contributed by atoms with van der Waals surface area (Å²) in [5.41, 5.74) is 0.308. The summed E-state index contributed by atoms with van der Waals surface area (Å²) in [4.78, 5) is 13.0. The number of nitrogens with zero attached hydrogens (tertiary/aromatic N) is 1. The van der Waals surface area contributed by atoms with Crippen molar-refractivity contribution in [3.05, 3.63) is 0 Å². The highest BCUT2D eigenvalue weighted by atomic mass is 16.5. The predicted octanol–water partition coefficient (Wildman–Crippen LogP) is 0.0908. The predicted molar refractivity (Wildman–Crippen MR) is 55.1 cm³/mol. The van der Waals surface area contributed by atoms with Gasteiger partial charge in [0.05, 0.1) is 13.7 Å². The third-order valence-electron chi connectivity index (χ3n) is 2.74. The van der Waals surface area contributed by atoms with Gasteiger partial charge in [-0.3, -0.25) is 9.69 Å². The molecule has 1 unspecified atom stereocenters. The van der Waals surface area contributed by atoms with E-state index in [1.807, 2.05) is 11.9 Å². The Kier molecular flexibility index (Phi) is 3.89. The van der Waals surface area contributed by atoms with Gasteiger partial charge in [0.25, 0.3) is 0 Å². The number of carbonyl (C=O) groups excluding carboxylic acids is 1. The molecule has 1 fully saturated rings. The van der Waals surface area contributed by atoms with Crippen LogP contribution < -0.4 is 5.32 Å². The molecule has 1 aliphatic rings. The quantitative estimate of drug-likeness (QED) is 0.653. The van der Waals surface area contributed by atoms with Crippen LogP contribution in [0.15, 0.2) is 0 Å². The smallest absolute Gasteiger partial charge is 0.319 e. The molecule has 4 heteroatoms. The van der Waals surface area contributed by atoms with Crippen LogP contribution in [-0.2, 0) is 9.53 Å². The van der Waals surface area contributed by atoms with Crippen LogP contribution in [0.4, 0.5) is 0 Å².